The predicted octanol–water partition coefficient (Wildman–Crippen LogP) is 2.48. The summed E-state index contributed by atoms with van der Waals surface area (Å²) >= 11 is 1.39. The summed E-state index contributed by atoms with van der Waals surface area (Å²) in [5.74, 6) is 0.211. The van der Waals surface area contributed by atoms with Crippen molar-refractivity contribution in [2.45, 2.75) is 26.7 Å². The highest BCUT2D eigenvalue weighted by molar-refractivity contribution is 7.15. The SMILES string of the molecule is CC(C)Cc1nnc(NC(=O)c2ccc3c(c2)CC(=O)N3)s1. The highest BCUT2D eigenvalue weighted by Crippen LogP contribution is 2.25. The molecular weight excluding hydrogens is 300 g/mol. The minimum atomic E-state index is -0.241. The van der Waals surface area contributed by atoms with Crippen molar-refractivity contribution in [1.82, 2.24) is 10.2 Å². The lowest BCUT2D eigenvalue weighted by Crippen LogP contribution is -2.11. The normalized spacial score (nSPS) is 13.1. The summed E-state index contributed by atoms with van der Waals surface area (Å²) in [5, 5.41) is 15.0. The third kappa shape index (κ3) is 3.14. The number of anilines is 2. The van der Waals surface area contributed by atoms with Gasteiger partial charge in [0.25, 0.3) is 5.91 Å². The Morgan fingerprint density at radius 2 is 2.23 bits per heavy atom. The van der Waals surface area contributed by atoms with Gasteiger partial charge in [0, 0.05) is 17.7 Å². The first-order chi connectivity index (χ1) is 10.5. The van der Waals surface area contributed by atoms with Crippen molar-refractivity contribution in [3.8, 4) is 0 Å². The molecule has 0 bridgehead atoms. The Bertz CT molecular complexity index is 739. The van der Waals surface area contributed by atoms with Gasteiger partial charge >= 0.3 is 0 Å². The van der Waals surface area contributed by atoms with Crippen molar-refractivity contribution < 1.29 is 9.59 Å². The monoisotopic (exact) mass is 316 g/mol. The summed E-state index contributed by atoms with van der Waals surface area (Å²) in [5.41, 5.74) is 2.13. The van der Waals surface area contributed by atoms with Crippen LogP contribution in [0.25, 0.3) is 0 Å². The summed E-state index contributed by atoms with van der Waals surface area (Å²) in [7, 11) is 0. The van der Waals surface area contributed by atoms with E-state index in [0.717, 1.165) is 22.7 Å². The molecule has 0 atom stereocenters. The van der Waals surface area contributed by atoms with Crippen LogP contribution in [0.3, 0.4) is 0 Å². The summed E-state index contributed by atoms with van der Waals surface area (Å²) < 4.78 is 0. The van der Waals surface area contributed by atoms with E-state index in [1.807, 2.05) is 0 Å². The maximum atomic E-state index is 12.2. The van der Waals surface area contributed by atoms with E-state index in [0.29, 0.717) is 23.0 Å². The number of carbonyl (C=O) groups excluding carboxylic acids is 2. The second kappa shape index (κ2) is 5.84. The van der Waals surface area contributed by atoms with Crippen molar-refractivity contribution in [3.63, 3.8) is 0 Å². The molecule has 1 aliphatic rings. The van der Waals surface area contributed by atoms with E-state index in [2.05, 4.69) is 34.7 Å². The molecule has 2 heterocycles. The molecule has 1 aliphatic heterocycles. The lowest BCUT2D eigenvalue weighted by Gasteiger charge is -2.03. The van der Waals surface area contributed by atoms with Crippen molar-refractivity contribution >= 4 is 34.0 Å². The van der Waals surface area contributed by atoms with Crippen LogP contribution in [-0.2, 0) is 17.6 Å². The Morgan fingerprint density at radius 3 is 3.00 bits per heavy atom. The quantitative estimate of drug-likeness (QED) is 0.907. The van der Waals surface area contributed by atoms with Crippen LogP contribution in [0.1, 0.15) is 34.8 Å². The molecule has 0 saturated heterocycles. The highest BCUT2D eigenvalue weighted by Gasteiger charge is 2.19. The third-order valence-electron chi connectivity index (χ3n) is 3.26. The van der Waals surface area contributed by atoms with Crippen LogP contribution in [0.5, 0.6) is 0 Å². The first-order valence-electron chi connectivity index (χ1n) is 7.08. The van der Waals surface area contributed by atoms with E-state index >= 15 is 0 Å². The van der Waals surface area contributed by atoms with Gasteiger partial charge in [0.05, 0.1) is 6.42 Å². The molecule has 0 fully saturated rings. The fourth-order valence-electron chi connectivity index (χ4n) is 2.28. The van der Waals surface area contributed by atoms with Gasteiger partial charge in [0.15, 0.2) is 0 Å². The lowest BCUT2D eigenvalue weighted by atomic mass is 10.1. The number of amides is 2. The van der Waals surface area contributed by atoms with Crippen LogP contribution in [0.2, 0.25) is 0 Å². The molecule has 3 rings (SSSR count). The number of nitrogens with zero attached hydrogens (tertiary/aromatic N) is 2. The van der Waals surface area contributed by atoms with Crippen LogP contribution in [0.15, 0.2) is 18.2 Å². The molecule has 2 N–H and O–H groups in total. The molecule has 0 aliphatic carbocycles. The molecule has 22 heavy (non-hydrogen) atoms. The Hall–Kier alpha value is -2.28. The molecule has 0 radical (unpaired) electrons. The largest absolute Gasteiger partial charge is 0.326 e. The summed E-state index contributed by atoms with van der Waals surface area (Å²) in [6.07, 6.45) is 1.16. The van der Waals surface area contributed by atoms with E-state index in [4.69, 9.17) is 0 Å². The van der Waals surface area contributed by atoms with Gasteiger partial charge in [0.2, 0.25) is 11.0 Å². The number of carbonyl (C=O) groups is 2. The second-order valence-electron chi connectivity index (χ2n) is 5.65. The predicted molar refractivity (Wildman–Crippen MR) is 85.2 cm³/mol. The standard InChI is InChI=1S/C15H16N4O2S/c1-8(2)5-13-18-19-15(22-13)17-14(21)9-3-4-11-10(6-9)7-12(20)16-11/h3-4,6,8H,5,7H2,1-2H3,(H,16,20)(H,17,19,21). The minimum absolute atomic E-state index is 0.0463. The van der Waals surface area contributed by atoms with Crippen LogP contribution in [-0.4, -0.2) is 22.0 Å². The van der Waals surface area contributed by atoms with Crippen molar-refractivity contribution in [2.24, 2.45) is 5.92 Å². The zero-order valence-corrected chi connectivity index (χ0v) is 13.2. The maximum Gasteiger partial charge on any atom is 0.257 e. The molecule has 7 heteroatoms. The topological polar surface area (TPSA) is 84.0 Å². The molecule has 6 nitrogen and oxygen atoms in total. The highest BCUT2D eigenvalue weighted by atomic mass is 32.1. The van der Waals surface area contributed by atoms with Gasteiger partial charge in [-0.1, -0.05) is 25.2 Å². The van der Waals surface area contributed by atoms with Gasteiger partial charge in [-0.05, 0) is 29.7 Å². The van der Waals surface area contributed by atoms with Crippen LogP contribution >= 0.6 is 11.3 Å². The van der Waals surface area contributed by atoms with E-state index in [-0.39, 0.29) is 11.8 Å². The van der Waals surface area contributed by atoms with Gasteiger partial charge < -0.3 is 5.32 Å². The van der Waals surface area contributed by atoms with Gasteiger partial charge in [-0.2, -0.15) is 0 Å². The second-order valence-corrected chi connectivity index (χ2v) is 6.71. The Balaban J connectivity index is 1.71. The van der Waals surface area contributed by atoms with E-state index < -0.39 is 0 Å². The zero-order chi connectivity index (χ0) is 15.7. The van der Waals surface area contributed by atoms with Crippen molar-refractivity contribution in [1.29, 1.82) is 0 Å². The summed E-state index contributed by atoms with van der Waals surface area (Å²) in [4.78, 5) is 23.6. The summed E-state index contributed by atoms with van der Waals surface area (Å²) in [6, 6.07) is 5.17. The molecule has 0 spiro atoms. The van der Waals surface area contributed by atoms with E-state index in [1.54, 1.807) is 18.2 Å². The van der Waals surface area contributed by atoms with Gasteiger partial charge in [-0.3, -0.25) is 14.9 Å². The molecule has 2 aromatic rings. The number of hydrogen-bond acceptors (Lipinski definition) is 5. The van der Waals surface area contributed by atoms with Crippen molar-refractivity contribution in [2.75, 3.05) is 10.6 Å². The molecule has 1 aromatic heterocycles. The molecule has 2 amide bonds. The van der Waals surface area contributed by atoms with Crippen LogP contribution in [0.4, 0.5) is 10.8 Å². The fraction of sp³-hybridized carbons (Fsp3) is 0.333. The first kappa shape index (κ1) is 14.6. The fourth-order valence-corrected chi connectivity index (χ4v) is 3.22. The Labute approximate surface area is 132 Å². The number of aromatic nitrogens is 2. The smallest absolute Gasteiger partial charge is 0.257 e. The van der Waals surface area contributed by atoms with Crippen LogP contribution < -0.4 is 10.6 Å². The Morgan fingerprint density at radius 1 is 1.41 bits per heavy atom. The number of rotatable bonds is 4. The van der Waals surface area contributed by atoms with E-state index in [9.17, 15) is 9.59 Å². The van der Waals surface area contributed by atoms with Gasteiger partial charge in [0.1, 0.15) is 5.01 Å². The molecule has 1 aromatic carbocycles. The van der Waals surface area contributed by atoms with Crippen molar-refractivity contribution in [3.05, 3.63) is 34.3 Å². The summed E-state index contributed by atoms with van der Waals surface area (Å²) in [6.45, 7) is 4.22. The van der Waals surface area contributed by atoms with Crippen LogP contribution in [0, 0.1) is 5.92 Å². The van der Waals surface area contributed by atoms with E-state index in [1.165, 1.54) is 11.3 Å². The Kier molecular flexibility index (Phi) is 3.89. The van der Waals surface area contributed by atoms with Gasteiger partial charge in [-0.15, -0.1) is 10.2 Å². The molecule has 0 unspecified atom stereocenters. The van der Waals surface area contributed by atoms with Gasteiger partial charge in [-0.25, -0.2) is 0 Å². The molecule has 0 saturated carbocycles. The minimum Gasteiger partial charge on any atom is -0.326 e. The zero-order valence-electron chi connectivity index (χ0n) is 12.3. The third-order valence-corrected chi connectivity index (χ3v) is 4.12. The molecular formula is C15H16N4O2S. The average molecular weight is 316 g/mol. The number of nitrogens with one attached hydrogen (secondary N) is 2. The lowest BCUT2D eigenvalue weighted by molar-refractivity contribution is -0.115. The maximum absolute atomic E-state index is 12.2. The average Bonchev–Trinajstić information content (AvgIpc) is 3.02. The number of benzene rings is 1. The molecule has 114 valence electrons. The first-order valence-corrected chi connectivity index (χ1v) is 7.89. The number of fused-ring (bicyclic) bond motifs is 1. The number of hydrogen-bond donors (Lipinski definition) is 2.